The molecule has 0 spiro atoms. The molecule has 152 valence electrons. The summed E-state index contributed by atoms with van der Waals surface area (Å²) in [7, 11) is 0. The zero-order chi connectivity index (χ0) is 21.4. The molecule has 0 atom stereocenters. The molecule has 4 rings (SSSR count). The van der Waals surface area contributed by atoms with E-state index in [0.717, 1.165) is 12.1 Å². The summed E-state index contributed by atoms with van der Waals surface area (Å²) in [6, 6.07) is 7.44. The van der Waals surface area contributed by atoms with E-state index in [1.54, 1.807) is 5.38 Å². The van der Waals surface area contributed by atoms with Crippen LogP contribution in [-0.4, -0.2) is 20.9 Å². The minimum Gasteiger partial charge on any atom is -0.337 e. The second kappa shape index (κ2) is 7.92. The number of nitrogens with zero attached hydrogens (tertiary/aromatic N) is 3. The van der Waals surface area contributed by atoms with E-state index in [1.165, 1.54) is 53.5 Å². The molecule has 1 N–H and O–H groups in total. The van der Waals surface area contributed by atoms with Crippen molar-refractivity contribution in [3.05, 3.63) is 70.7 Å². The van der Waals surface area contributed by atoms with Crippen LogP contribution in [0.2, 0.25) is 0 Å². The van der Waals surface area contributed by atoms with Gasteiger partial charge in [-0.25, -0.2) is 23.1 Å². The number of nitrogens with one attached hydrogen (secondary N) is 1. The average molecular weight is 449 g/mol. The number of anilines is 2. The zero-order valence-electron chi connectivity index (χ0n) is 15.3. The largest absolute Gasteiger partial charge is 0.337 e. The fourth-order valence-corrected chi connectivity index (χ4v) is 3.82. The third kappa shape index (κ3) is 3.94. The van der Waals surface area contributed by atoms with E-state index in [0.29, 0.717) is 22.0 Å². The van der Waals surface area contributed by atoms with Crippen molar-refractivity contribution in [3.8, 4) is 0 Å². The molecule has 2 aromatic carbocycles. The van der Waals surface area contributed by atoms with Crippen LogP contribution >= 0.6 is 22.9 Å². The summed E-state index contributed by atoms with van der Waals surface area (Å²) in [5.41, 5.74) is 1.45. The molecular formula is C20H12ClF3N4OS. The van der Waals surface area contributed by atoms with Gasteiger partial charge in [0, 0.05) is 24.4 Å². The highest BCUT2D eigenvalue weighted by Gasteiger charge is 2.18. The lowest BCUT2D eigenvalue weighted by atomic mass is 10.3. The lowest BCUT2D eigenvalue weighted by Gasteiger charge is -2.17. The van der Waals surface area contributed by atoms with Gasteiger partial charge in [0.2, 0.25) is 5.91 Å². The molecule has 10 heteroatoms. The van der Waals surface area contributed by atoms with E-state index in [4.69, 9.17) is 11.6 Å². The normalized spacial score (nSPS) is 11.8. The lowest BCUT2D eigenvalue weighted by Crippen LogP contribution is -2.22. The quantitative estimate of drug-likeness (QED) is 0.425. The van der Waals surface area contributed by atoms with E-state index in [2.05, 4.69) is 15.0 Å². The third-order valence-electron chi connectivity index (χ3n) is 4.13. The van der Waals surface area contributed by atoms with Crippen LogP contribution in [0.1, 0.15) is 18.4 Å². The number of benzene rings is 2. The molecular weight excluding hydrogens is 437 g/mol. The maximum Gasteiger partial charge on any atom is 0.230 e. The summed E-state index contributed by atoms with van der Waals surface area (Å²) in [6.45, 7) is 1.37. The van der Waals surface area contributed by atoms with Crippen LogP contribution in [0.4, 0.5) is 24.0 Å². The molecule has 1 amide bonds. The molecule has 2 heterocycles. The van der Waals surface area contributed by atoms with Gasteiger partial charge in [0.1, 0.15) is 11.6 Å². The van der Waals surface area contributed by atoms with E-state index in [-0.39, 0.29) is 22.3 Å². The molecule has 2 aromatic heterocycles. The SMILES string of the molecule is CC(=O)N(c1ccc(F)cc1)c1nc(/C=C(/Cl)c2nc3cc(F)c(F)cc3[nH]2)cs1. The fourth-order valence-electron chi connectivity index (χ4n) is 2.78. The predicted molar refractivity (Wildman–Crippen MR) is 111 cm³/mol. The molecule has 4 aromatic rings. The van der Waals surface area contributed by atoms with Gasteiger partial charge in [-0.2, -0.15) is 0 Å². The monoisotopic (exact) mass is 448 g/mol. The summed E-state index contributed by atoms with van der Waals surface area (Å²) in [4.78, 5) is 24.8. The summed E-state index contributed by atoms with van der Waals surface area (Å²) in [6.07, 6.45) is 1.51. The van der Waals surface area contributed by atoms with Crippen molar-refractivity contribution in [2.75, 3.05) is 4.90 Å². The second-order valence-electron chi connectivity index (χ2n) is 6.25. The van der Waals surface area contributed by atoms with Gasteiger partial charge >= 0.3 is 0 Å². The maximum absolute atomic E-state index is 13.4. The third-order valence-corrected chi connectivity index (χ3v) is 5.26. The Kier molecular flexibility index (Phi) is 5.31. The molecule has 0 radical (unpaired) electrons. The number of carbonyl (C=O) groups excluding carboxylic acids is 1. The molecule has 5 nitrogen and oxygen atoms in total. The van der Waals surface area contributed by atoms with Crippen LogP contribution in [0.3, 0.4) is 0 Å². The lowest BCUT2D eigenvalue weighted by molar-refractivity contribution is -0.115. The summed E-state index contributed by atoms with van der Waals surface area (Å²) in [5, 5.41) is 2.22. The van der Waals surface area contributed by atoms with Crippen molar-refractivity contribution in [2.24, 2.45) is 0 Å². The zero-order valence-corrected chi connectivity index (χ0v) is 16.9. The molecule has 0 saturated heterocycles. The van der Waals surface area contributed by atoms with Gasteiger partial charge in [0.15, 0.2) is 16.8 Å². The van der Waals surface area contributed by atoms with Crippen molar-refractivity contribution >= 4 is 61.8 Å². The second-order valence-corrected chi connectivity index (χ2v) is 7.49. The van der Waals surface area contributed by atoms with Gasteiger partial charge in [0.05, 0.1) is 27.4 Å². The van der Waals surface area contributed by atoms with Gasteiger partial charge in [-0.05, 0) is 30.3 Å². The topological polar surface area (TPSA) is 61.9 Å². The Labute approximate surface area is 177 Å². The number of imidazole rings is 1. The van der Waals surface area contributed by atoms with Crippen LogP contribution in [0, 0.1) is 17.5 Å². The van der Waals surface area contributed by atoms with E-state index in [1.807, 2.05) is 0 Å². The average Bonchev–Trinajstić information content (AvgIpc) is 3.31. The van der Waals surface area contributed by atoms with Gasteiger partial charge in [-0.15, -0.1) is 11.3 Å². The number of rotatable bonds is 4. The van der Waals surface area contributed by atoms with E-state index < -0.39 is 17.5 Å². The standard InChI is InChI=1S/C20H12ClF3N4OS/c1-10(29)28(13-4-2-11(22)3-5-13)20-25-12(9-30-20)6-14(21)19-26-17-7-15(23)16(24)8-18(17)27-19/h2-9H,1H3,(H,26,27)/b14-6+. The first-order chi connectivity index (χ1) is 14.3. The molecule has 0 saturated carbocycles. The van der Waals surface area contributed by atoms with Crippen molar-refractivity contribution in [3.63, 3.8) is 0 Å². The van der Waals surface area contributed by atoms with E-state index >= 15 is 0 Å². The highest BCUT2D eigenvalue weighted by Crippen LogP contribution is 2.31. The Morgan fingerprint density at radius 3 is 2.53 bits per heavy atom. The van der Waals surface area contributed by atoms with Crippen LogP contribution in [0.5, 0.6) is 0 Å². The number of H-pyrrole nitrogens is 1. The van der Waals surface area contributed by atoms with Crippen LogP contribution in [-0.2, 0) is 4.79 Å². The molecule has 0 bridgehead atoms. The number of thiazole rings is 1. The summed E-state index contributed by atoms with van der Waals surface area (Å²) < 4.78 is 39.9. The van der Waals surface area contributed by atoms with Gasteiger partial charge in [0.25, 0.3) is 0 Å². The Hall–Kier alpha value is -3.17. The van der Waals surface area contributed by atoms with Gasteiger partial charge < -0.3 is 4.98 Å². The minimum atomic E-state index is -1.00. The van der Waals surface area contributed by atoms with Crippen molar-refractivity contribution in [1.82, 2.24) is 15.0 Å². The van der Waals surface area contributed by atoms with Crippen molar-refractivity contribution in [2.45, 2.75) is 6.92 Å². The highest BCUT2D eigenvalue weighted by atomic mass is 35.5. The number of aromatic amines is 1. The van der Waals surface area contributed by atoms with Crippen molar-refractivity contribution < 1.29 is 18.0 Å². The summed E-state index contributed by atoms with van der Waals surface area (Å²) in [5.74, 6) is -2.49. The van der Waals surface area contributed by atoms with Gasteiger partial charge in [-0.1, -0.05) is 11.6 Å². The molecule has 0 aliphatic heterocycles. The number of hydrogen-bond donors (Lipinski definition) is 1. The number of amides is 1. The molecule has 30 heavy (non-hydrogen) atoms. The number of fused-ring (bicyclic) bond motifs is 1. The fraction of sp³-hybridized carbons (Fsp3) is 0.0500. The Balaban J connectivity index is 1.65. The van der Waals surface area contributed by atoms with Crippen LogP contribution in [0.15, 0.2) is 41.8 Å². The van der Waals surface area contributed by atoms with E-state index in [9.17, 15) is 18.0 Å². The summed E-state index contributed by atoms with van der Waals surface area (Å²) >= 11 is 7.50. The van der Waals surface area contributed by atoms with Crippen molar-refractivity contribution in [1.29, 1.82) is 0 Å². The maximum atomic E-state index is 13.4. The van der Waals surface area contributed by atoms with Crippen LogP contribution in [0.25, 0.3) is 22.1 Å². The van der Waals surface area contributed by atoms with Crippen LogP contribution < -0.4 is 4.90 Å². The number of aromatic nitrogens is 3. The first-order valence-corrected chi connectivity index (χ1v) is 9.81. The molecule has 0 fully saturated rings. The Bertz CT molecular complexity index is 1240. The first-order valence-electron chi connectivity index (χ1n) is 8.56. The Morgan fingerprint density at radius 1 is 1.13 bits per heavy atom. The first kappa shape index (κ1) is 20.1. The molecule has 0 unspecified atom stereocenters. The van der Waals surface area contributed by atoms with Gasteiger partial charge in [-0.3, -0.25) is 9.69 Å². The smallest absolute Gasteiger partial charge is 0.230 e. The molecule has 0 aliphatic carbocycles. The number of hydrogen-bond acceptors (Lipinski definition) is 4. The molecule has 0 aliphatic rings. The predicted octanol–water partition coefficient (Wildman–Crippen LogP) is 5.86. The minimum absolute atomic E-state index is 0.167. The highest BCUT2D eigenvalue weighted by molar-refractivity contribution is 7.14. The number of carbonyl (C=O) groups is 1. The number of halogens is 4. The Morgan fingerprint density at radius 2 is 1.83 bits per heavy atom.